The average Bonchev–Trinajstić information content (AvgIpc) is 2.31. The second kappa shape index (κ2) is 4.04. The van der Waals surface area contributed by atoms with Crippen molar-refractivity contribution in [1.29, 1.82) is 0 Å². The molecule has 0 bridgehead atoms. The van der Waals surface area contributed by atoms with Crippen molar-refractivity contribution in [1.82, 2.24) is 0 Å². The fourth-order valence-corrected chi connectivity index (χ4v) is 2.43. The molecule has 7 heteroatoms. The maximum atomic E-state index is 11.1. The molecule has 0 unspecified atom stereocenters. The van der Waals surface area contributed by atoms with Gasteiger partial charge in [-0.15, -0.1) is 0 Å². The Bertz CT molecular complexity index is 724. The third kappa shape index (κ3) is 1.83. The highest BCUT2D eigenvalue weighted by atomic mass is 32.2. The minimum Gasteiger partial charge on any atom is -0.505 e. The van der Waals surface area contributed by atoms with Gasteiger partial charge >= 0.3 is 0 Å². The Labute approximate surface area is 103 Å². The molecule has 0 spiro atoms. The van der Waals surface area contributed by atoms with E-state index in [0.717, 1.165) is 0 Å². The lowest BCUT2D eigenvalue weighted by Crippen LogP contribution is -2.04. The van der Waals surface area contributed by atoms with E-state index >= 15 is 0 Å². The summed E-state index contributed by atoms with van der Waals surface area (Å²) in [5, 5.41) is 10.6. The fraction of sp³-hybridized carbons (Fsp3) is 0.0909. The van der Waals surface area contributed by atoms with E-state index in [1.807, 2.05) is 0 Å². The molecule has 6 nitrogen and oxygen atoms in total. The summed E-state index contributed by atoms with van der Waals surface area (Å²) in [7, 11) is -3.08. The van der Waals surface area contributed by atoms with E-state index in [1.54, 1.807) is 18.2 Å². The summed E-state index contributed by atoms with van der Waals surface area (Å²) in [4.78, 5) is -0.527. The number of fused-ring (bicyclic) bond motifs is 1. The summed E-state index contributed by atoms with van der Waals surface area (Å²) in [6.07, 6.45) is 0. The van der Waals surface area contributed by atoms with Crippen LogP contribution in [0.25, 0.3) is 10.8 Å². The lowest BCUT2D eigenvalue weighted by molar-refractivity contribution is 0.416. The molecule has 0 heterocycles. The molecule has 4 N–H and O–H groups in total. The van der Waals surface area contributed by atoms with Crippen molar-refractivity contribution < 1.29 is 22.8 Å². The lowest BCUT2D eigenvalue weighted by Gasteiger charge is -2.11. The van der Waals surface area contributed by atoms with E-state index in [2.05, 4.69) is 0 Å². The molecular weight excluding hydrogens is 258 g/mol. The minimum absolute atomic E-state index is 0.296. The molecule has 0 amide bonds. The van der Waals surface area contributed by atoms with Crippen molar-refractivity contribution >= 4 is 26.6 Å². The van der Waals surface area contributed by atoms with Crippen LogP contribution in [0.15, 0.2) is 29.2 Å². The zero-order valence-corrected chi connectivity index (χ0v) is 10.2. The molecule has 2 aromatic rings. The molecule has 2 rings (SSSR count). The molecule has 0 radical (unpaired) electrons. The normalized spacial score (nSPS) is 11.7. The lowest BCUT2D eigenvalue weighted by atomic mass is 10.1. The molecule has 18 heavy (non-hydrogen) atoms. The number of methoxy groups -OCH3 is 1. The second-order valence-corrected chi connectivity index (χ2v) is 5.06. The van der Waals surface area contributed by atoms with Crippen LogP contribution in [-0.4, -0.2) is 25.2 Å². The van der Waals surface area contributed by atoms with Crippen molar-refractivity contribution in [3.63, 3.8) is 0 Å². The van der Waals surface area contributed by atoms with Crippen molar-refractivity contribution in [2.24, 2.45) is 0 Å². The molecule has 96 valence electrons. The molecule has 0 aliphatic carbocycles. The predicted octanol–water partition coefficient (Wildman–Crippen LogP) is 1.38. The smallest absolute Gasteiger partial charge is 0.296 e. The number of aromatic hydroxyl groups is 1. The van der Waals surface area contributed by atoms with Gasteiger partial charge in [0.15, 0.2) is 5.75 Å². The molecule has 0 atom stereocenters. The van der Waals surface area contributed by atoms with E-state index in [1.165, 1.54) is 13.2 Å². The first-order valence-electron chi connectivity index (χ1n) is 4.92. The number of phenols is 1. The summed E-state index contributed by atoms with van der Waals surface area (Å²) in [6, 6.07) is 5.99. The first-order chi connectivity index (χ1) is 8.36. The number of hydrogen-bond donors (Lipinski definition) is 3. The Hall–Kier alpha value is -1.99. The van der Waals surface area contributed by atoms with Crippen LogP contribution in [0.5, 0.6) is 11.5 Å². The number of ether oxygens (including phenoxy) is 1. The van der Waals surface area contributed by atoms with E-state index in [9.17, 15) is 13.5 Å². The SMILES string of the molecule is COc1cccc2cc(S(=O)(=O)O)c(N)c(O)c12. The van der Waals surface area contributed by atoms with Gasteiger partial charge in [-0.2, -0.15) is 8.42 Å². The molecule has 0 saturated carbocycles. The maximum Gasteiger partial charge on any atom is 0.296 e. The molecule has 0 aliphatic rings. The van der Waals surface area contributed by atoms with Gasteiger partial charge in [-0.3, -0.25) is 4.55 Å². The van der Waals surface area contributed by atoms with Crippen LogP contribution < -0.4 is 10.5 Å². The highest BCUT2D eigenvalue weighted by Gasteiger charge is 2.20. The molecule has 0 aromatic heterocycles. The van der Waals surface area contributed by atoms with Crippen LogP contribution in [0, 0.1) is 0 Å². The number of benzene rings is 2. The average molecular weight is 269 g/mol. The first kappa shape index (κ1) is 12.5. The van der Waals surface area contributed by atoms with Gasteiger partial charge in [-0.05, 0) is 17.5 Å². The van der Waals surface area contributed by atoms with Gasteiger partial charge in [0.1, 0.15) is 10.6 Å². The predicted molar refractivity (Wildman–Crippen MR) is 66.4 cm³/mol. The van der Waals surface area contributed by atoms with E-state index in [-0.39, 0.29) is 0 Å². The minimum atomic E-state index is -4.49. The zero-order valence-electron chi connectivity index (χ0n) is 9.41. The van der Waals surface area contributed by atoms with E-state index < -0.39 is 26.5 Å². The Morgan fingerprint density at radius 2 is 2.00 bits per heavy atom. The van der Waals surface area contributed by atoms with E-state index in [4.69, 9.17) is 15.0 Å². The molecule has 2 aromatic carbocycles. The van der Waals surface area contributed by atoms with Crippen molar-refractivity contribution in [2.75, 3.05) is 12.8 Å². The van der Waals surface area contributed by atoms with Gasteiger partial charge in [-0.25, -0.2) is 0 Å². The highest BCUT2D eigenvalue weighted by Crippen LogP contribution is 2.40. The van der Waals surface area contributed by atoms with E-state index in [0.29, 0.717) is 16.5 Å². The van der Waals surface area contributed by atoms with Crippen LogP contribution in [0.2, 0.25) is 0 Å². The first-order valence-corrected chi connectivity index (χ1v) is 6.36. The monoisotopic (exact) mass is 269 g/mol. The quantitative estimate of drug-likeness (QED) is 0.431. The Balaban J connectivity index is 2.97. The van der Waals surface area contributed by atoms with Crippen molar-refractivity contribution in [3.8, 4) is 11.5 Å². The van der Waals surface area contributed by atoms with Gasteiger partial charge in [-0.1, -0.05) is 12.1 Å². The summed E-state index contributed by atoms with van der Waals surface area (Å²) in [5.41, 5.74) is 5.11. The van der Waals surface area contributed by atoms with Crippen LogP contribution in [0.4, 0.5) is 5.69 Å². The summed E-state index contributed by atoms with van der Waals surface area (Å²) in [6.45, 7) is 0. The van der Waals surface area contributed by atoms with Gasteiger partial charge in [0.25, 0.3) is 10.1 Å². The summed E-state index contributed by atoms with van der Waals surface area (Å²) >= 11 is 0. The highest BCUT2D eigenvalue weighted by molar-refractivity contribution is 7.86. The number of rotatable bonds is 2. The van der Waals surface area contributed by atoms with Crippen molar-refractivity contribution in [2.45, 2.75) is 4.90 Å². The Morgan fingerprint density at radius 3 is 2.56 bits per heavy atom. The molecule has 0 aliphatic heterocycles. The van der Waals surface area contributed by atoms with Crippen LogP contribution in [0.3, 0.4) is 0 Å². The van der Waals surface area contributed by atoms with Gasteiger partial charge < -0.3 is 15.6 Å². The number of nitrogens with two attached hydrogens (primary N) is 1. The third-order valence-electron chi connectivity index (χ3n) is 2.60. The number of nitrogen functional groups attached to an aromatic ring is 1. The summed E-state index contributed by atoms with van der Waals surface area (Å²) in [5.74, 6) is -0.0730. The van der Waals surface area contributed by atoms with Crippen LogP contribution >= 0.6 is 0 Å². The van der Waals surface area contributed by atoms with Gasteiger partial charge in [0.2, 0.25) is 0 Å². The molecule has 0 saturated heterocycles. The Kier molecular flexibility index (Phi) is 2.80. The second-order valence-electron chi connectivity index (χ2n) is 3.67. The molecule has 0 fully saturated rings. The van der Waals surface area contributed by atoms with Gasteiger partial charge in [0, 0.05) is 0 Å². The van der Waals surface area contributed by atoms with Crippen molar-refractivity contribution in [3.05, 3.63) is 24.3 Å². The van der Waals surface area contributed by atoms with Crippen LogP contribution in [-0.2, 0) is 10.1 Å². The topological polar surface area (TPSA) is 110 Å². The number of hydrogen-bond acceptors (Lipinski definition) is 5. The zero-order chi connectivity index (χ0) is 13.5. The van der Waals surface area contributed by atoms with Crippen LogP contribution in [0.1, 0.15) is 0 Å². The van der Waals surface area contributed by atoms with Gasteiger partial charge in [0.05, 0.1) is 18.2 Å². The summed E-state index contributed by atoms with van der Waals surface area (Å²) < 4.78 is 36.4. The number of phenolic OH excluding ortho intramolecular Hbond substituents is 1. The third-order valence-corrected chi connectivity index (χ3v) is 3.49. The fourth-order valence-electron chi connectivity index (χ4n) is 1.78. The Morgan fingerprint density at radius 1 is 1.33 bits per heavy atom. The maximum absolute atomic E-state index is 11.1. The molecular formula is C11H11NO5S. The standard InChI is InChI=1S/C11H11NO5S/c1-17-7-4-2-3-6-5-8(18(14,15)16)10(12)11(13)9(6)7/h2-5,13H,12H2,1H3,(H,14,15,16). The number of anilines is 1. The largest absolute Gasteiger partial charge is 0.505 e.